The van der Waals surface area contributed by atoms with Crippen molar-refractivity contribution in [2.45, 2.75) is 19.3 Å². The molecule has 0 saturated carbocycles. The molecule has 3 rings (SSSR count). The molecule has 0 fully saturated rings. The maximum atomic E-state index is 8.88. The second-order valence-corrected chi connectivity index (χ2v) is 5.07. The van der Waals surface area contributed by atoms with Crippen LogP contribution in [0.2, 0.25) is 0 Å². The topological polar surface area (TPSA) is 29.5 Å². The van der Waals surface area contributed by atoms with Gasteiger partial charge < -0.3 is 9.68 Å². The maximum absolute atomic E-state index is 8.88. The zero-order valence-electron chi connectivity index (χ0n) is 10.5. The van der Waals surface area contributed by atoms with Crippen LogP contribution in [0.3, 0.4) is 0 Å². The molecular formula is C15H14BO2. The van der Waals surface area contributed by atoms with Crippen molar-refractivity contribution in [3.8, 4) is 16.9 Å². The highest BCUT2D eigenvalue weighted by Gasteiger charge is 2.36. The Labute approximate surface area is 108 Å². The van der Waals surface area contributed by atoms with Crippen molar-refractivity contribution >= 4 is 7.69 Å². The van der Waals surface area contributed by atoms with E-state index in [4.69, 9.17) is 9.68 Å². The van der Waals surface area contributed by atoms with E-state index in [0.29, 0.717) is 5.75 Å². The van der Waals surface area contributed by atoms with Crippen molar-refractivity contribution in [2.75, 3.05) is 0 Å². The summed E-state index contributed by atoms with van der Waals surface area (Å²) in [5.41, 5.74) is 4.79. The van der Waals surface area contributed by atoms with Gasteiger partial charge in [0.2, 0.25) is 0 Å². The van der Waals surface area contributed by atoms with Gasteiger partial charge in [-0.2, -0.15) is 0 Å². The molecule has 2 aromatic carbocycles. The molecule has 1 N–H and O–H groups in total. The molecule has 2 nitrogen and oxygen atoms in total. The normalized spacial score (nSPS) is 14.8. The highest BCUT2D eigenvalue weighted by atomic mass is 16.5. The minimum Gasteiger partial charge on any atom is -0.537 e. The summed E-state index contributed by atoms with van der Waals surface area (Å²) >= 11 is 0. The minimum atomic E-state index is -0.0270. The first-order valence-corrected chi connectivity index (χ1v) is 6.02. The number of hydrogen-bond acceptors (Lipinski definition) is 2. The van der Waals surface area contributed by atoms with Crippen molar-refractivity contribution in [3.63, 3.8) is 0 Å². The molecule has 18 heavy (non-hydrogen) atoms. The standard InChI is InChI=1S/C15H14BO2/c1-15(2)11-7-4-3-6-10(11)14-12(15)8-5-9-13(14)18-16-17/h3-9,17H,1-2H3. The van der Waals surface area contributed by atoms with Gasteiger partial charge in [-0.3, -0.25) is 0 Å². The van der Waals surface area contributed by atoms with Crippen LogP contribution in [-0.2, 0) is 5.41 Å². The van der Waals surface area contributed by atoms with E-state index in [0.717, 1.165) is 13.2 Å². The lowest BCUT2D eigenvalue weighted by molar-refractivity contribution is 0.454. The number of benzene rings is 2. The van der Waals surface area contributed by atoms with Crippen LogP contribution >= 0.6 is 0 Å². The minimum absolute atomic E-state index is 0.0270. The predicted molar refractivity (Wildman–Crippen MR) is 72.6 cm³/mol. The zero-order chi connectivity index (χ0) is 12.8. The molecule has 1 aliphatic carbocycles. The molecule has 0 bridgehead atoms. The van der Waals surface area contributed by atoms with E-state index in [9.17, 15) is 0 Å². The summed E-state index contributed by atoms with van der Waals surface area (Å²) in [5, 5.41) is 8.88. The van der Waals surface area contributed by atoms with Gasteiger partial charge in [0, 0.05) is 11.0 Å². The average molecular weight is 237 g/mol. The van der Waals surface area contributed by atoms with Gasteiger partial charge in [-0.05, 0) is 22.8 Å². The molecule has 0 amide bonds. The molecule has 89 valence electrons. The first kappa shape index (κ1) is 11.4. The molecule has 0 aliphatic heterocycles. The summed E-state index contributed by atoms with van der Waals surface area (Å²) in [6.45, 7) is 4.42. The fourth-order valence-corrected chi connectivity index (χ4v) is 2.88. The lowest BCUT2D eigenvalue weighted by Gasteiger charge is -2.21. The van der Waals surface area contributed by atoms with E-state index in [1.165, 1.54) is 16.7 Å². The van der Waals surface area contributed by atoms with E-state index in [-0.39, 0.29) is 5.41 Å². The Bertz CT molecular complexity index is 605. The van der Waals surface area contributed by atoms with Crippen molar-refractivity contribution in [1.29, 1.82) is 0 Å². The van der Waals surface area contributed by atoms with Crippen LogP contribution < -0.4 is 4.65 Å². The molecule has 0 spiro atoms. The number of hydrogen-bond donors (Lipinski definition) is 1. The van der Waals surface area contributed by atoms with E-state index in [2.05, 4.69) is 38.1 Å². The Hall–Kier alpha value is -1.74. The quantitative estimate of drug-likeness (QED) is 0.813. The summed E-state index contributed by atoms with van der Waals surface area (Å²) in [4.78, 5) is 0. The monoisotopic (exact) mass is 237 g/mol. The second-order valence-electron chi connectivity index (χ2n) is 5.07. The van der Waals surface area contributed by atoms with Crippen molar-refractivity contribution in [3.05, 3.63) is 53.6 Å². The van der Waals surface area contributed by atoms with Gasteiger partial charge in [0.1, 0.15) is 5.75 Å². The first-order valence-electron chi connectivity index (χ1n) is 6.02. The Morgan fingerprint density at radius 3 is 2.50 bits per heavy atom. The molecule has 3 heteroatoms. The molecule has 0 unspecified atom stereocenters. The lowest BCUT2D eigenvalue weighted by Crippen LogP contribution is -2.14. The van der Waals surface area contributed by atoms with Gasteiger partial charge in [-0.1, -0.05) is 50.2 Å². The fourth-order valence-electron chi connectivity index (χ4n) is 2.88. The zero-order valence-corrected chi connectivity index (χ0v) is 10.5. The molecule has 0 saturated heterocycles. The van der Waals surface area contributed by atoms with Crippen molar-refractivity contribution in [2.24, 2.45) is 0 Å². The van der Waals surface area contributed by atoms with Gasteiger partial charge in [-0.25, -0.2) is 0 Å². The predicted octanol–water partition coefficient (Wildman–Crippen LogP) is 2.90. The Balaban J connectivity index is 2.33. The van der Waals surface area contributed by atoms with Crippen LogP contribution in [0.15, 0.2) is 42.5 Å². The van der Waals surface area contributed by atoms with E-state index in [1.54, 1.807) is 0 Å². The van der Waals surface area contributed by atoms with Crippen LogP contribution in [0, 0.1) is 0 Å². The summed E-state index contributed by atoms with van der Waals surface area (Å²) in [6, 6.07) is 14.3. The third kappa shape index (κ3) is 1.41. The number of fused-ring (bicyclic) bond motifs is 3. The number of rotatable bonds is 2. The molecule has 1 aliphatic rings. The van der Waals surface area contributed by atoms with Crippen LogP contribution in [0.5, 0.6) is 5.75 Å². The lowest BCUT2D eigenvalue weighted by atomic mass is 9.82. The second kappa shape index (κ2) is 3.89. The van der Waals surface area contributed by atoms with Crippen LogP contribution in [0.1, 0.15) is 25.0 Å². The highest BCUT2D eigenvalue weighted by molar-refractivity contribution is 6.17. The molecule has 1 radical (unpaired) electrons. The van der Waals surface area contributed by atoms with Crippen LogP contribution in [0.4, 0.5) is 0 Å². The van der Waals surface area contributed by atoms with Gasteiger partial charge in [-0.15, -0.1) is 0 Å². The third-order valence-corrected chi connectivity index (χ3v) is 3.75. The van der Waals surface area contributed by atoms with Crippen molar-refractivity contribution in [1.82, 2.24) is 0 Å². The highest BCUT2D eigenvalue weighted by Crippen LogP contribution is 2.51. The fraction of sp³-hybridized carbons (Fsp3) is 0.200. The van der Waals surface area contributed by atoms with Crippen LogP contribution in [0.25, 0.3) is 11.1 Å². The first-order chi connectivity index (χ1) is 8.66. The van der Waals surface area contributed by atoms with Gasteiger partial charge in [0.05, 0.1) is 0 Å². The maximum Gasteiger partial charge on any atom is 0.569 e. The van der Waals surface area contributed by atoms with Gasteiger partial charge >= 0.3 is 7.69 Å². The summed E-state index contributed by atoms with van der Waals surface area (Å²) in [5.74, 6) is 0.702. The van der Waals surface area contributed by atoms with Crippen LogP contribution in [-0.4, -0.2) is 12.7 Å². The smallest absolute Gasteiger partial charge is 0.537 e. The Kier molecular flexibility index (Phi) is 2.45. The van der Waals surface area contributed by atoms with E-state index in [1.807, 2.05) is 18.2 Å². The van der Waals surface area contributed by atoms with Gasteiger partial charge in [0.25, 0.3) is 0 Å². The van der Waals surface area contributed by atoms with E-state index < -0.39 is 0 Å². The van der Waals surface area contributed by atoms with Crippen molar-refractivity contribution < 1.29 is 9.68 Å². The summed E-state index contributed by atoms with van der Waals surface area (Å²) in [6.07, 6.45) is 0. The average Bonchev–Trinajstić information content (AvgIpc) is 2.61. The molecule has 0 aromatic heterocycles. The summed E-state index contributed by atoms with van der Waals surface area (Å²) < 4.78 is 5.23. The summed E-state index contributed by atoms with van der Waals surface area (Å²) in [7, 11) is 0.740. The molecule has 2 aromatic rings. The SMILES string of the molecule is CC1(C)c2ccccc2-c2c(O[B]O)cccc21. The molecule has 0 heterocycles. The van der Waals surface area contributed by atoms with E-state index >= 15 is 0 Å². The molecule has 0 atom stereocenters. The van der Waals surface area contributed by atoms with Gasteiger partial charge in [0.15, 0.2) is 0 Å². The molecular weight excluding hydrogens is 223 g/mol. The Morgan fingerprint density at radius 2 is 1.72 bits per heavy atom. The Morgan fingerprint density at radius 1 is 1.00 bits per heavy atom. The third-order valence-electron chi connectivity index (χ3n) is 3.75. The largest absolute Gasteiger partial charge is 0.569 e.